The predicted octanol–water partition coefficient (Wildman–Crippen LogP) is 2.92. The van der Waals surface area contributed by atoms with Crippen molar-refractivity contribution in [2.24, 2.45) is 0 Å². The van der Waals surface area contributed by atoms with Crippen molar-refractivity contribution in [3.63, 3.8) is 0 Å². The largest absolute Gasteiger partial charge is 0.383 e. The van der Waals surface area contributed by atoms with Crippen molar-refractivity contribution in [2.45, 2.75) is 19.9 Å². The van der Waals surface area contributed by atoms with E-state index in [1.165, 1.54) is 5.56 Å². The third-order valence-electron chi connectivity index (χ3n) is 2.83. The van der Waals surface area contributed by atoms with Crippen LogP contribution in [-0.4, -0.2) is 33.9 Å². The van der Waals surface area contributed by atoms with Gasteiger partial charge in [-0.2, -0.15) is 0 Å². The number of hydrogen-bond donors (Lipinski definition) is 1. The lowest BCUT2D eigenvalue weighted by Gasteiger charge is -2.23. The molecule has 0 radical (unpaired) electrons. The summed E-state index contributed by atoms with van der Waals surface area (Å²) in [7, 11) is 3.76. The number of hydrogen-bond acceptors (Lipinski definition) is 3. The van der Waals surface area contributed by atoms with E-state index in [1.807, 2.05) is 19.2 Å². The number of nitrogens with one attached hydrogen (secondary N) is 1. The number of benzene rings is 1. The fourth-order valence-electron chi connectivity index (χ4n) is 1.87. The minimum atomic E-state index is 0.698. The Balaban J connectivity index is 2.79. The number of methoxy groups -OCH3 is 1. The second-order valence-corrected chi connectivity index (χ2v) is 4.75. The standard InChI is InChI=1S/C14H23ClN2O/c1-4-8-16-11-12-6-5-7-13(15)14(12)17(2)9-10-18-3/h5-7,16H,4,8-11H2,1-3H3. The van der Waals surface area contributed by atoms with Gasteiger partial charge in [0.2, 0.25) is 0 Å². The van der Waals surface area contributed by atoms with Gasteiger partial charge in [0.15, 0.2) is 0 Å². The molecule has 0 atom stereocenters. The number of likely N-dealkylation sites (N-methyl/N-ethyl adjacent to an activating group) is 1. The lowest BCUT2D eigenvalue weighted by molar-refractivity contribution is 0.206. The van der Waals surface area contributed by atoms with Gasteiger partial charge in [-0.05, 0) is 24.6 Å². The maximum atomic E-state index is 6.31. The lowest BCUT2D eigenvalue weighted by Crippen LogP contribution is -2.25. The molecule has 0 saturated heterocycles. The Kier molecular flexibility index (Phi) is 7.09. The molecule has 0 fully saturated rings. The Morgan fingerprint density at radius 1 is 1.39 bits per heavy atom. The summed E-state index contributed by atoms with van der Waals surface area (Å²) in [4.78, 5) is 2.15. The summed E-state index contributed by atoms with van der Waals surface area (Å²) in [6, 6.07) is 6.05. The van der Waals surface area contributed by atoms with Crippen molar-refractivity contribution in [1.82, 2.24) is 5.32 Å². The van der Waals surface area contributed by atoms with E-state index in [1.54, 1.807) is 7.11 Å². The zero-order valence-electron chi connectivity index (χ0n) is 11.5. The predicted molar refractivity (Wildman–Crippen MR) is 78.6 cm³/mol. The van der Waals surface area contributed by atoms with Crippen LogP contribution in [0.1, 0.15) is 18.9 Å². The molecule has 0 aliphatic heterocycles. The molecule has 1 rings (SSSR count). The Morgan fingerprint density at radius 2 is 2.17 bits per heavy atom. The van der Waals surface area contributed by atoms with Crippen LogP contribution in [0.2, 0.25) is 5.02 Å². The van der Waals surface area contributed by atoms with E-state index >= 15 is 0 Å². The molecule has 0 bridgehead atoms. The zero-order chi connectivity index (χ0) is 13.4. The minimum Gasteiger partial charge on any atom is -0.383 e. The molecule has 1 N–H and O–H groups in total. The van der Waals surface area contributed by atoms with Crippen LogP contribution in [0.25, 0.3) is 0 Å². The topological polar surface area (TPSA) is 24.5 Å². The maximum Gasteiger partial charge on any atom is 0.0642 e. The SMILES string of the molecule is CCCNCc1cccc(Cl)c1N(C)CCOC. The second kappa shape index (κ2) is 8.35. The molecular formula is C14H23ClN2O. The second-order valence-electron chi connectivity index (χ2n) is 4.34. The van der Waals surface area contributed by atoms with E-state index in [-0.39, 0.29) is 0 Å². The first-order valence-corrected chi connectivity index (χ1v) is 6.76. The summed E-state index contributed by atoms with van der Waals surface area (Å²) in [5.41, 5.74) is 2.33. The summed E-state index contributed by atoms with van der Waals surface area (Å²) in [6.45, 7) is 5.57. The fourth-order valence-corrected chi connectivity index (χ4v) is 2.21. The minimum absolute atomic E-state index is 0.698. The van der Waals surface area contributed by atoms with Crippen molar-refractivity contribution in [3.05, 3.63) is 28.8 Å². The van der Waals surface area contributed by atoms with Crippen molar-refractivity contribution in [3.8, 4) is 0 Å². The smallest absolute Gasteiger partial charge is 0.0642 e. The van der Waals surface area contributed by atoms with E-state index in [2.05, 4.69) is 23.2 Å². The third kappa shape index (κ3) is 4.48. The zero-order valence-corrected chi connectivity index (χ0v) is 12.3. The van der Waals surface area contributed by atoms with Gasteiger partial charge >= 0.3 is 0 Å². The van der Waals surface area contributed by atoms with Crippen LogP contribution < -0.4 is 10.2 Å². The molecule has 0 aliphatic rings. The van der Waals surface area contributed by atoms with Crippen LogP contribution >= 0.6 is 11.6 Å². The van der Waals surface area contributed by atoms with Gasteiger partial charge in [-0.15, -0.1) is 0 Å². The van der Waals surface area contributed by atoms with Crippen LogP contribution in [0, 0.1) is 0 Å². The Labute approximate surface area is 115 Å². The Hall–Kier alpha value is -0.770. The molecule has 0 spiro atoms. The molecule has 0 amide bonds. The van der Waals surface area contributed by atoms with Gasteiger partial charge in [-0.3, -0.25) is 0 Å². The van der Waals surface area contributed by atoms with E-state index in [0.717, 1.165) is 36.8 Å². The average Bonchev–Trinajstić information content (AvgIpc) is 2.36. The molecule has 102 valence electrons. The van der Waals surface area contributed by atoms with Crippen LogP contribution in [0.15, 0.2) is 18.2 Å². The molecule has 0 aromatic heterocycles. The molecule has 0 aliphatic carbocycles. The van der Waals surface area contributed by atoms with Crippen molar-refractivity contribution in [1.29, 1.82) is 0 Å². The highest BCUT2D eigenvalue weighted by Crippen LogP contribution is 2.29. The Morgan fingerprint density at radius 3 is 2.83 bits per heavy atom. The maximum absolute atomic E-state index is 6.31. The highest BCUT2D eigenvalue weighted by Gasteiger charge is 2.11. The van der Waals surface area contributed by atoms with Crippen LogP contribution in [0.3, 0.4) is 0 Å². The van der Waals surface area contributed by atoms with Gasteiger partial charge in [-0.25, -0.2) is 0 Å². The van der Waals surface area contributed by atoms with E-state index < -0.39 is 0 Å². The van der Waals surface area contributed by atoms with Crippen molar-refractivity contribution >= 4 is 17.3 Å². The number of rotatable bonds is 8. The van der Waals surface area contributed by atoms with Crippen LogP contribution in [0.5, 0.6) is 0 Å². The van der Waals surface area contributed by atoms with Crippen molar-refractivity contribution in [2.75, 3.05) is 38.8 Å². The molecule has 1 aromatic rings. The molecule has 3 nitrogen and oxygen atoms in total. The summed E-state index contributed by atoms with van der Waals surface area (Å²) < 4.78 is 5.11. The molecule has 0 unspecified atom stereocenters. The van der Waals surface area contributed by atoms with Gasteiger partial charge in [0.05, 0.1) is 17.3 Å². The first-order valence-electron chi connectivity index (χ1n) is 6.38. The lowest BCUT2D eigenvalue weighted by atomic mass is 10.1. The van der Waals surface area contributed by atoms with Gasteiger partial charge in [-0.1, -0.05) is 30.7 Å². The van der Waals surface area contributed by atoms with Gasteiger partial charge in [0, 0.05) is 27.2 Å². The first-order chi connectivity index (χ1) is 8.70. The summed E-state index contributed by atoms with van der Waals surface area (Å²) in [5, 5.41) is 4.21. The first kappa shape index (κ1) is 15.3. The van der Waals surface area contributed by atoms with Crippen molar-refractivity contribution < 1.29 is 4.74 Å². The van der Waals surface area contributed by atoms with Gasteiger partial charge < -0.3 is 15.0 Å². The number of anilines is 1. The summed E-state index contributed by atoms with van der Waals surface area (Å²) >= 11 is 6.31. The number of para-hydroxylation sites is 1. The monoisotopic (exact) mass is 270 g/mol. The average molecular weight is 271 g/mol. The number of ether oxygens (including phenoxy) is 1. The van der Waals surface area contributed by atoms with Gasteiger partial charge in [0.25, 0.3) is 0 Å². The fraction of sp³-hybridized carbons (Fsp3) is 0.571. The number of nitrogens with zero attached hydrogens (tertiary/aromatic N) is 1. The highest BCUT2D eigenvalue weighted by molar-refractivity contribution is 6.33. The molecule has 0 saturated carbocycles. The molecule has 1 aromatic carbocycles. The van der Waals surface area contributed by atoms with Gasteiger partial charge in [0.1, 0.15) is 0 Å². The van der Waals surface area contributed by atoms with Crippen LogP contribution in [0.4, 0.5) is 5.69 Å². The molecule has 4 heteroatoms. The number of halogens is 1. The molecular weight excluding hydrogens is 248 g/mol. The molecule has 18 heavy (non-hydrogen) atoms. The van der Waals surface area contributed by atoms with E-state index in [4.69, 9.17) is 16.3 Å². The molecule has 0 heterocycles. The normalized spacial score (nSPS) is 10.7. The van der Waals surface area contributed by atoms with E-state index in [9.17, 15) is 0 Å². The highest BCUT2D eigenvalue weighted by atomic mass is 35.5. The van der Waals surface area contributed by atoms with Crippen LogP contribution in [-0.2, 0) is 11.3 Å². The van der Waals surface area contributed by atoms with E-state index in [0.29, 0.717) is 6.61 Å². The summed E-state index contributed by atoms with van der Waals surface area (Å²) in [5.74, 6) is 0. The quantitative estimate of drug-likeness (QED) is 0.735. The third-order valence-corrected chi connectivity index (χ3v) is 3.13. The Bertz CT molecular complexity index is 358. The summed E-state index contributed by atoms with van der Waals surface area (Å²) in [6.07, 6.45) is 1.13.